The van der Waals surface area contributed by atoms with Crippen molar-refractivity contribution in [2.75, 3.05) is 11.2 Å². The van der Waals surface area contributed by atoms with Crippen molar-refractivity contribution < 1.29 is 0 Å². The molecule has 3 heterocycles. The number of para-hydroxylation sites is 1. The van der Waals surface area contributed by atoms with Gasteiger partial charge in [0.2, 0.25) is 0 Å². The standard InChI is InChI=1S/C20H16N4/c21-24-12-16-18-15(10-11-22-20(18)24)14-8-4-5-9-17(14)23-19(16)13-6-2-1-3-7-13/h1-12,19,23H,21H2. The smallest absolute Gasteiger partial charge is 0.159 e. The van der Waals surface area contributed by atoms with E-state index in [1.54, 1.807) is 4.68 Å². The van der Waals surface area contributed by atoms with E-state index in [0.29, 0.717) is 0 Å². The molecular formula is C20H16N4. The van der Waals surface area contributed by atoms with Crippen molar-refractivity contribution in [2.45, 2.75) is 6.04 Å². The van der Waals surface area contributed by atoms with E-state index in [1.807, 2.05) is 18.5 Å². The minimum atomic E-state index is 0.0325. The first-order chi connectivity index (χ1) is 11.8. The second-order valence-corrected chi connectivity index (χ2v) is 6.08. The van der Waals surface area contributed by atoms with E-state index in [4.69, 9.17) is 5.84 Å². The molecule has 1 aliphatic heterocycles. The molecule has 0 spiro atoms. The number of fused-ring (bicyclic) bond motifs is 2. The molecule has 0 radical (unpaired) electrons. The Bertz CT molecular complexity index is 1050. The number of aromatic nitrogens is 2. The van der Waals surface area contributed by atoms with E-state index in [1.165, 1.54) is 16.7 Å². The molecule has 1 aliphatic rings. The van der Waals surface area contributed by atoms with Crippen LogP contribution in [0.2, 0.25) is 0 Å². The topological polar surface area (TPSA) is 55.9 Å². The molecule has 116 valence electrons. The first-order valence-corrected chi connectivity index (χ1v) is 7.99. The largest absolute Gasteiger partial charge is 0.374 e. The van der Waals surface area contributed by atoms with Crippen molar-refractivity contribution in [1.29, 1.82) is 0 Å². The third-order valence-corrected chi connectivity index (χ3v) is 4.70. The van der Waals surface area contributed by atoms with Crippen LogP contribution in [0.1, 0.15) is 17.2 Å². The summed E-state index contributed by atoms with van der Waals surface area (Å²) in [4.78, 5) is 4.50. The Morgan fingerprint density at radius 2 is 1.71 bits per heavy atom. The number of benzene rings is 2. The van der Waals surface area contributed by atoms with Crippen molar-refractivity contribution in [1.82, 2.24) is 9.66 Å². The third kappa shape index (κ3) is 1.77. The number of nitrogens with zero attached hydrogens (tertiary/aromatic N) is 2. The molecule has 1 atom stereocenters. The fraction of sp³-hybridized carbons (Fsp3) is 0.0500. The number of nitrogen functional groups attached to an aromatic ring is 1. The van der Waals surface area contributed by atoms with Crippen LogP contribution in [-0.2, 0) is 0 Å². The maximum Gasteiger partial charge on any atom is 0.159 e. The molecule has 2 aromatic carbocycles. The summed E-state index contributed by atoms with van der Waals surface area (Å²) < 4.78 is 1.62. The zero-order chi connectivity index (χ0) is 16.1. The van der Waals surface area contributed by atoms with Gasteiger partial charge in [0.1, 0.15) is 0 Å². The summed E-state index contributed by atoms with van der Waals surface area (Å²) in [5, 5.41) is 4.82. The predicted molar refractivity (Wildman–Crippen MR) is 97.2 cm³/mol. The summed E-state index contributed by atoms with van der Waals surface area (Å²) in [5.74, 6) is 6.19. The van der Waals surface area contributed by atoms with Crippen molar-refractivity contribution >= 4 is 16.7 Å². The van der Waals surface area contributed by atoms with Gasteiger partial charge in [0.25, 0.3) is 0 Å². The summed E-state index contributed by atoms with van der Waals surface area (Å²) in [5.41, 5.74) is 6.63. The predicted octanol–water partition coefficient (Wildman–Crippen LogP) is 3.93. The van der Waals surface area contributed by atoms with Gasteiger partial charge in [0.05, 0.1) is 6.04 Å². The first kappa shape index (κ1) is 13.2. The van der Waals surface area contributed by atoms with Gasteiger partial charge in [0, 0.05) is 34.6 Å². The Labute approximate surface area is 139 Å². The summed E-state index contributed by atoms with van der Waals surface area (Å²) in [6.45, 7) is 0. The van der Waals surface area contributed by atoms with Crippen LogP contribution in [-0.4, -0.2) is 9.66 Å². The number of pyridine rings is 1. The van der Waals surface area contributed by atoms with Gasteiger partial charge in [-0.25, -0.2) is 4.98 Å². The van der Waals surface area contributed by atoms with E-state index in [2.05, 4.69) is 64.9 Å². The average molecular weight is 312 g/mol. The zero-order valence-corrected chi connectivity index (χ0v) is 13.0. The highest BCUT2D eigenvalue weighted by Gasteiger charge is 2.26. The fourth-order valence-corrected chi connectivity index (χ4v) is 3.64. The number of anilines is 1. The fourth-order valence-electron chi connectivity index (χ4n) is 3.64. The lowest BCUT2D eigenvalue weighted by Gasteiger charge is -2.19. The molecule has 4 nitrogen and oxygen atoms in total. The second-order valence-electron chi connectivity index (χ2n) is 6.08. The van der Waals surface area contributed by atoms with Gasteiger partial charge in [-0.15, -0.1) is 0 Å². The molecule has 4 aromatic rings. The summed E-state index contributed by atoms with van der Waals surface area (Å²) >= 11 is 0. The van der Waals surface area contributed by atoms with Crippen LogP contribution >= 0.6 is 0 Å². The Kier molecular flexibility index (Phi) is 2.67. The Hall–Kier alpha value is -3.27. The number of nitrogens with two attached hydrogens (primary N) is 1. The van der Waals surface area contributed by atoms with Crippen LogP contribution in [0.4, 0.5) is 5.69 Å². The monoisotopic (exact) mass is 312 g/mol. The molecule has 1 unspecified atom stereocenters. The Balaban J connectivity index is 1.90. The van der Waals surface area contributed by atoms with Crippen LogP contribution in [0.25, 0.3) is 22.2 Å². The Morgan fingerprint density at radius 1 is 0.917 bits per heavy atom. The molecular weight excluding hydrogens is 296 g/mol. The van der Waals surface area contributed by atoms with Gasteiger partial charge in [-0.2, -0.15) is 0 Å². The summed E-state index contributed by atoms with van der Waals surface area (Å²) in [6, 6.07) is 20.9. The lowest BCUT2D eigenvalue weighted by molar-refractivity contribution is 0.933. The lowest BCUT2D eigenvalue weighted by Crippen LogP contribution is -2.12. The van der Waals surface area contributed by atoms with Gasteiger partial charge in [-0.1, -0.05) is 48.5 Å². The maximum atomic E-state index is 6.19. The van der Waals surface area contributed by atoms with Gasteiger partial charge < -0.3 is 11.2 Å². The van der Waals surface area contributed by atoms with Gasteiger partial charge in [-0.3, -0.25) is 4.68 Å². The number of nitrogens with one attached hydrogen (secondary N) is 1. The highest BCUT2D eigenvalue weighted by molar-refractivity contribution is 6.01. The molecule has 0 bridgehead atoms. The minimum Gasteiger partial charge on any atom is -0.374 e. The van der Waals surface area contributed by atoms with Crippen LogP contribution in [0.3, 0.4) is 0 Å². The molecule has 3 N–H and O–H groups in total. The molecule has 0 aliphatic carbocycles. The highest BCUT2D eigenvalue weighted by atomic mass is 15.3. The van der Waals surface area contributed by atoms with E-state index in [9.17, 15) is 0 Å². The van der Waals surface area contributed by atoms with E-state index in [0.717, 1.165) is 22.3 Å². The van der Waals surface area contributed by atoms with Crippen LogP contribution in [0.5, 0.6) is 0 Å². The first-order valence-electron chi connectivity index (χ1n) is 7.99. The number of hydrogen-bond acceptors (Lipinski definition) is 3. The van der Waals surface area contributed by atoms with Crippen LogP contribution in [0, 0.1) is 0 Å². The molecule has 2 aromatic heterocycles. The van der Waals surface area contributed by atoms with Crippen molar-refractivity contribution in [3.05, 3.63) is 84.2 Å². The average Bonchev–Trinajstić information content (AvgIpc) is 2.90. The van der Waals surface area contributed by atoms with Gasteiger partial charge >= 0.3 is 0 Å². The lowest BCUT2D eigenvalue weighted by atomic mass is 9.97. The second kappa shape index (κ2) is 4.86. The van der Waals surface area contributed by atoms with Crippen molar-refractivity contribution in [3.63, 3.8) is 0 Å². The SMILES string of the molecule is Nn1cc2c3c(ccnc31)-c1ccccc1NC2c1ccccc1. The Morgan fingerprint density at radius 3 is 2.58 bits per heavy atom. The third-order valence-electron chi connectivity index (χ3n) is 4.70. The minimum absolute atomic E-state index is 0.0325. The number of rotatable bonds is 1. The molecule has 5 rings (SSSR count). The molecule has 0 saturated heterocycles. The van der Waals surface area contributed by atoms with Crippen molar-refractivity contribution in [2.24, 2.45) is 0 Å². The van der Waals surface area contributed by atoms with Crippen LogP contribution < -0.4 is 11.2 Å². The number of hydrogen-bond donors (Lipinski definition) is 2. The highest BCUT2D eigenvalue weighted by Crippen LogP contribution is 2.43. The van der Waals surface area contributed by atoms with E-state index < -0.39 is 0 Å². The molecule has 0 saturated carbocycles. The van der Waals surface area contributed by atoms with E-state index in [-0.39, 0.29) is 6.04 Å². The zero-order valence-electron chi connectivity index (χ0n) is 13.0. The quantitative estimate of drug-likeness (QED) is 0.524. The van der Waals surface area contributed by atoms with Gasteiger partial charge in [0.15, 0.2) is 5.65 Å². The molecule has 4 heteroatoms. The molecule has 24 heavy (non-hydrogen) atoms. The maximum absolute atomic E-state index is 6.19. The normalized spacial score (nSPS) is 15.6. The van der Waals surface area contributed by atoms with Gasteiger partial charge in [-0.05, 0) is 23.3 Å². The molecule has 0 amide bonds. The summed E-state index contributed by atoms with van der Waals surface area (Å²) in [7, 11) is 0. The summed E-state index contributed by atoms with van der Waals surface area (Å²) in [6.07, 6.45) is 3.81. The van der Waals surface area contributed by atoms with Crippen molar-refractivity contribution in [3.8, 4) is 11.1 Å². The molecule has 0 fully saturated rings. The van der Waals surface area contributed by atoms with E-state index >= 15 is 0 Å². The van der Waals surface area contributed by atoms with Crippen LogP contribution in [0.15, 0.2) is 73.1 Å².